The first-order chi connectivity index (χ1) is 11.5. The van der Waals surface area contributed by atoms with Crippen molar-refractivity contribution < 1.29 is 14.6 Å². The maximum atomic E-state index is 13.1. The van der Waals surface area contributed by atoms with Crippen molar-refractivity contribution in [2.75, 3.05) is 13.1 Å². The van der Waals surface area contributed by atoms with Gasteiger partial charge >= 0.3 is 5.97 Å². The summed E-state index contributed by atoms with van der Waals surface area (Å²) in [5.74, 6) is 0.415. The number of ether oxygens (including phenoxy) is 1. The van der Waals surface area contributed by atoms with Crippen molar-refractivity contribution in [3.63, 3.8) is 0 Å². The molecule has 0 bridgehead atoms. The minimum absolute atomic E-state index is 0.388. The van der Waals surface area contributed by atoms with Crippen LogP contribution in [-0.2, 0) is 15.1 Å². The van der Waals surface area contributed by atoms with Crippen molar-refractivity contribution in [2.24, 2.45) is 11.8 Å². The molecule has 1 unspecified atom stereocenters. The van der Waals surface area contributed by atoms with Crippen molar-refractivity contribution in [3.8, 4) is 0 Å². The number of fused-ring (bicyclic) bond motifs is 1. The lowest BCUT2D eigenvalue weighted by Gasteiger charge is -2.55. The fraction of sp³-hybridized carbons (Fsp3) is 0.500. The van der Waals surface area contributed by atoms with Crippen LogP contribution < -0.4 is 5.32 Å². The molecule has 128 valence electrons. The maximum Gasteiger partial charge on any atom is 0.349 e. The molecule has 1 saturated heterocycles. The van der Waals surface area contributed by atoms with E-state index in [0.29, 0.717) is 21.6 Å². The lowest BCUT2D eigenvalue weighted by atomic mass is 9.59. The highest BCUT2D eigenvalue weighted by atomic mass is 32.1. The van der Waals surface area contributed by atoms with Gasteiger partial charge in [0.15, 0.2) is 0 Å². The second-order valence-corrected chi connectivity index (χ2v) is 8.83. The first-order valence-corrected chi connectivity index (χ1v) is 10.0. The number of esters is 1. The average molecular weight is 364 g/mol. The van der Waals surface area contributed by atoms with Gasteiger partial charge in [-0.2, -0.15) is 0 Å². The van der Waals surface area contributed by atoms with Crippen molar-refractivity contribution in [1.29, 1.82) is 0 Å². The van der Waals surface area contributed by atoms with Crippen LogP contribution >= 0.6 is 22.7 Å². The molecule has 0 radical (unpaired) electrons. The van der Waals surface area contributed by atoms with Crippen LogP contribution in [-0.4, -0.2) is 29.8 Å². The van der Waals surface area contributed by atoms with Crippen LogP contribution in [0.3, 0.4) is 0 Å². The predicted molar refractivity (Wildman–Crippen MR) is 95.2 cm³/mol. The summed E-state index contributed by atoms with van der Waals surface area (Å²) in [6.45, 7) is 3.98. The van der Waals surface area contributed by atoms with E-state index < -0.39 is 17.2 Å². The Labute approximate surface area is 149 Å². The molecule has 2 aromatic heterocycles. The van der Waals surface area contributed by atoms with Crippen molar-refractivity contribution >= 4 is 28.6 Å². The quantitative estimate of drug-likeness (QED) is 0.820. The van der Waals surface area contributed by atoms with E-state index in [0.717, 1.165) is 25.9 Å². The van der Waals surface area contributed by atoms with E-state index in [2.05, 4.69) is 5.32 Å². The Bertz CT molecular complexity index is 678. The van der Waals surface area contributed by atoms with E-state index in [1.807, 2.05) is 29.8 Å². The van der Waals surface area contributed by atoms with Gasteiger partial charge in [0.25, 0.3) is 0 Å². The molecule has 24 heavy (non-hydrogen) atoms. The highest BCUT2D eigenvalue weighted by molar-refractivity contribution is 7.12. The van der Waals surface area contributed by atoms with Crippen LogP contribution in [0.25, 0.3) is 0 Å². The molecule has 1 aliphatic carbocycles. The molecule has 0 aromatic carbocycles. The molecular weight excluding hydrogens is 342 g/mol. The molecule has 6 heteroatoms. The Hall–Kier alpha value is -1.21. The monoisotopic (exact) mass is 363 g/mol. The second-order valence-electron chi connectivity index (χ2n) is 6.93. The third-order valence-corrected chi connectivity index (χ3v) is 7.39. The van der Waals surface area contributed by atoms with Gasteiger partial charge in [-0.3, -0.25) is 0 Å². The summed E-state index contributed by atoms with van der Waals surface area (Å²) in [6, 6.07) is 7.28. The molecular formula is C18H21NO3S2. The molecule has 3 heterocycles. The first-order valence-electron chi connectivity index (χ1n) is 8.28. The van der Waals surface area contributed by atoms with Crippen LogP contribution in [0.2, 0.25) is 0 Å². The molecule has 2 N–H and O–H groups in total. The maximum absolute atomic E-state index is 13.1. The average Bonchev–Trinajstić information content (AvgIpc) is 3.27. The minimum atomic E-state index is -1.71. The lowest BCUT2D eigenvalue weighted by Crippen LogP contribution is -2.61. The van der Waals surface area contributed by atoms with Crippen molar-refractivity contribution in [3.05, 3.63) is 44.8 Å². The highest BCUT2D eigenvalue weighted by Crippen LogP contribution is 2.50. The van der Waals surface area contributed by atoms with Crippen LogP contribution in [0.4, 0.5) is 0 Å². The molecule has 0 amide bonds. The van der Waals surface area contributed by atoms with Gasteiger partial charge in [0.2, 0.25) is 5.60 Å². The zero-order chi connectivity index (χ0) is 16.8. The van der Waals surface area contributed by atoms with Gasteiger partial charge in [-0.1, -0.05) is 12.1 Å². The summed E-state index contributed by atoms with van der Waals surface area (Å²) in [5, 5.41) is 18.4. The van der Waals surface area contributed by atoms with Gasteiger partial charge in [0.1, 0.15) is 5.60 Å². The minimum Gasteiger partial charge on any atom is -0.456 e. The SMILES string of the molecule is C[C@]1(OC(=O)C(O)(c2cccs2)c2cccs2)CC2CNCC[C@@H]21. The van der Waals surface area contributed by atoms with Crippen LogP contribution in [0.1, 0.15) is 29.5 Å². The Morgan fingerprint density at radius 3 is 2.54 bits per heavy atom. The van der Waals surface area contributed by atoms with Crippen molar-refractivity contribution in [1.82, 2.24) is 5.32 Å². The van der Waals surface area contributed by atoms with E-state index in [1.165, 1.54) is 22.7 Å². The predicted octanol–water partition coefficient (Wildman–Crippen LogP) is 2.98. The Kier molecular flexibility index (Phi) is 4.03. The van der Waals surface area contributed by atoms with E-state index in [4.69, 9.17) is 4.74 Å². The zero-order valence-electron chi connectivity index (χ0n) is 13.5. The number of hydrogen-bond acceptors (Lipinski definition) is 6. The van der Waals surface area contributed by atoms with Crippen LogP contribution in [0, 0.1) is 11.8 Å². The number of carbonyl (C=O) groups excluding carboxylic acids is 1. The second kappa shape index (κ2) is 5.95. The van der Waals surface area contributed by atoms with Crippen LogP contribution in [0.15, 0.2) is 35.0 Å². The number of nitrogens with one attached hydrogen (secondary N) is 1. The summed E-state index contributed by atoms with van der Waals surface area (Å²) < 4.78 is 5.95. The number of piperidine rings is 1. The number of hydrogen-bond donors (Lipinski definition) is 2. The van der Waals surface area contributed by atoms with E-state index >= 15 is 0 Å². The summed E-state index contributed by atoms with van der Waals surface area (Å²) in [6.07, 6.45) is 1.88. The Morgan fingerprint density at radius 1 is 1.33 bits per heavy atom. The molecule has 1 saturated carbocycles. The first kappa shape index (κ1) is 16.3. The number of rotatable bonds is 4. The van der Waals surface area contributed by atoms with E-state index in [-0.39, 0.29) is 0 Å². The fourth-order valence-corrected chi connectivity index (χ4v) is 5.86. The topological polar surface area (TPSA) is 58.6 Å². The Morgan fingerprint density at radius 2 is 2.00 bits per heavy atom. The smallest absolute Gasteiger partial charge is 0.349 e. The summed E-state index contributed by atoms with van der Waals surface area (Å²) in [7, 11) is 0. The summed E-state index contributed by atoms with van der Waals surface area (Å²) in [5.41, 5.74) is -2.17. The zero-order valence-corrected chi connectivity index (χ0v) is 15.2. The standard InChI is InChI=1S/C18H21NO3S2/c1-17(10-12-11-19-7-6-13(12)17)22-16(20)18(21,14-4-2-8-23-14)15-5-3-9-24-15/h2-5,8-9,12-13,19,21H,6-7,10-11H2,1H3/t12?,13-,17-/m0/s1. The molecule has 4 nitrogen and oxygen atoms in total. The number of carbonyl (C=O) groups is 1. The summed E-state index contributed by atoms with van der Waals surface area (Å²) >= 11 is 2.75. The molecule has 1 aliphatic heterocycles. The van der Waals surface area contributed by atoms with Gasteiger partial charge in [-0.15, -0.1) is 22.7 Å². The molecule has 2 fully saturated rings. The third-order valence-electron chi connectivity index (χ3n) is 5.44. The van der Waals surface area contributed by atoms with Gasteiger partial charge in [0, 0.05) is 5.92 Å². The summed E-state index contributed by atoms with van der Waals surface area (Å²) in [4.78, 5) is 14.3. The fourth-order valence-electron chi connectivity index (χ4n) is 4.15. The molecule has 0 spiro atoms. The third kappa shape index (κ3) is 2.44. The van der Waals surface area contributed by atoms with Gasteiger partial charge in [-0.05, 0) is 61.7 Å². The van der Waals surface area contributed by atoms with Gasteiger partial charge in [-0.25, -0.2) is 4.79 Å². The largest absolute Gasteiger partial charge is 0.456 e. The molecule has 4 rings (SSSR count). The number of thiophene rings is 2. The molecule has 3 atom stereocenters. The lowest BCUT2D eigenvalue weighted by molar-refractivity contribution is -0.209. The van der Waals surface area contributed by atoms with Crippen LogP contribution in [0.5, 0.6) is 0 Å². The highest BCUT2D eigenvalue weighted by Gasteiger charge is 2.56. The van der Waals surface area contributed by atoms with E-state index in [9.17, 15) is 9.90 Å². The molecule has 2 aliphatic rings. The van der Waals surface area contributed by atoms with E-state index in [1.54, 1.807) is 12.1 Å². The Balaban J connectivity index is 1.61. The van der Waals surface area contributed by atoms with Gasteiger partial charge in [0.05, 0.1) is 9.75 Å². The number of aliphatic hydroxyl groups is 1. The van der Waals surface area contributed by atoms with Crippen molar-refractivity contribution in [2.45, 2.75) is 31.0 Å². The molecule has 2 aromatic rings. The normalized spacial score (nSPS) is 29.6. The van der Waals surface area contributed by atoms with Gasteiger partial charge < -0.3 is 15.2 Å².